The monoisotopic (exact) mass is 348 g/mol. The lowest BCUT2D eigenvalue weighted by molar-refractivity contribution is -0.134. The first kappa shape index (κ1) is 18.6. The molecule has 0 aliphatic rings. The largest absolute Gasteiger partial charge is 0.478 e. The molecule has 0 unspecified atom stereocenters. The third kappa shape index (κ3) is 4.86. The molecule has 0 spiro atoms. The number of aromatic carboxylic acids is 1. The fourth-order valence-corrected chi connectivity index (χ4v) is 2.37. The van der Waals surface area contributed by atoms with Crippen LogP contribution in [-0.4, -0.2) is 17.0 Å². The summed E-state index contributed by atoms with van der Waals surface area (Å²) in [5.74, 6) is -3.45. The quantitative estimate of drug-likeness (QED) is 0.443. The highest BCUT2D eigenvalue weighted by Gasteiger charge is 2.17. The summed E-state index contributed by atoms with van der Waals surface area (Å²) in [6.07, 6.45) is 2.69. The van der Waals surface area contributed by atoms with E-state index in [0.29, 0.717) is 6.42 Å². The first-order valence-electron chi connectivity index (χ1n) is 7.95. The average Bonchev–Trinajstić information content (AvgIpc) is 2.55. The van der Waals surface area contributed by atoms with Gasteiger partial charge in [-0.15, -0.1) is 0 Å². The fourth-order valence-electron chi connectivity index (χ4n) is 2.37. The molecular formula is C19H18F2O4. The van der Waals surface area contributed by atoms with Crippen LogP contribution in [0, 0.1) is 11.6 Å². The van der Waals surface area contributed by atoms with Crippen LogP contribution in [-0.2, 0) is 4.79 Å². The second kappa shape index (κ2) is 8.37. The second-order valence-electron chi connectivity index (χ2n) is 5.57. The highest BCUT2D eigenvalue weighted by Crippen LogP contribution is 2.29. The molecule has 0 aliphatic heterocycles. The van der Waals surface area contributed by atoms with Crippen LogP contribution in [0.15, 0.2) is 36.4 Å². The molecule has 0 saturated heterocycles. The van der Waals surface area contributed by atoms with Crippen molar-refractivity contribution in [2.24, 2.45) is 0 Å². The SMILES string of the molecule is CCCCCC(=O)Oc1ccc(-c2ccc(F)cc2F)cc1C(=O)O. The lowest BCUT2D eigenvalue weighted by Gasteiger charge is -2.10. The molecule has 2 aromatic carbocycles. The van der Waals surface area contributed by atoms with Gasteiger partial charge in [0, 0.05) is 18.1 Å². The van der Waals surface area contributed by atoms with Crippen LogP contribution in [0.25, 0.3) is 11.1 Å². The molecule has 0 saturated carbocycles. The Morgan fingerprint density at radius 2 is 1.84 bits per heavy atom. The number of carboxylic acids is 1. The Morgan fingerprint density at radius 1 is 1.08 bits per heavy atom. The van der Waals surface area contributed by atoms with Crippen molar-refractivity contribution in [3.63, 3.8) is 0 Å². The second-order valence-corrected chi connectivity index (χ2v) is 5.57. The molecule has 0 fully saturated rings. The predicted octanol–water partition coefficient (Wildman–Crippen LogP) is 4.82. The highest BCUT2D eigenvalue weighted by atomic mass is 19.1. The summed E-state index contributed by atoms with van der Waals surface area (Å²) in [5.41, 5.74) is 0.0514. The standard InChI is InChI=1S/C19H18F2O4/c1-2-3-4-5-18(22)25-17-9-6-12(10-15(17)19(23)24)14-8-7-13(20)11-16(14)21/h6-11H,2-5H2,1H3,(H,23,24). The summed E-state index contributed by atoms with van der Waals surface area (Å²) >= 11 is 0. The van der Waals surface area contributed by atoms with Crippen molar-refractivity contribution in [2.45, 2.75) is 32.6 Å². The normalized spacial score (nSPS) is 10.5. The number of unbranched alkanes of at least 4 members (excludes halogenated alkanes) is 2. The van der Waals surface area contributed by atoms with E-state index in [4.69, 9.17) is 4.74 Å². The van der Waals surface area contributed by atoms with Gasteiger partial charge in [0.2, 0.25) is 0 Å². The van der Waals surface area contributed by atoms with Gasteiger partial charge in [0.25, 0.3) is 0 Å². The van der Waals surface area contributed by atoms with E-state index in [0.717, 1.165) is 25.0 Å². The predicted molar refractivity (Wildman–Crippen MR) is 88.5 cm³/mol. The number of hydrogen-bond acceptors (Lipinski definition) is 3. The van der Waals surface area contributed by atoms with Crippen molar-refractivity contribution < 1.29 is 28.2 Å². The Balaban J connectivity index is 2.28. The van der Waals surface area contributed by atoms with Crippen molar-refractivity contribution in [2.75, 3.05) is 0 Å². The van der Waals surface area contributed by atoms with Gasteiger partial charge in [-0.2, -0.15) is 0 Å². The minimum atomic E-state index is -1.30. The van der Waals surface area contributed by atoms with Gasteiger partial charge in [0.05, 0.1) is 0 Å². The summed E-state index contributed by atoms with van der Waals surface area (Å²) in [6, 6.07) is 6.96. The van der Waals surface area contributed by atoms with Crippen LogP contribution in [0.3, 0.4) is 0 Å². The van der Waals surface area contributed by atoms with E-state index in [1.807, 2.05) is 6.92 Å². The van der Waals surface area contributed by atoms with E-state index >= 15 is 0 Å². The maximum atomic E-state index is 13.9. The van der Waals surface area contributed by atoms with Gasteiger partial charge in [-0.1, -0.05) is 25.8 Å². The third-order valence-corrected chi connectivity index (χ3v) is 3.66. The number of carbonyl (C=O) groups is 2. The molecule has 0 aromatic heterocycles. The summed E-state index contributed by atoms with van der Waals surface area (Å²) in [4.78, 5) is 23.2. The van der Waals surface area contributed by atoms with Gasteiger partial charge < -0.3 is 9.84 Å². The zero-order valence-electron chi connectivity index (χ0n) is 13.7. The number of benzene rings is 2. The molecular weight excluding hydrogens is 330 g/mol. The number of ether oxygens (including phenoxy) is 1. The zero-order chi connectivity index (χ0) is 18.4. The fraction of sp³-hybridized carbons (Fsp3) is 0.263. The highest BCUT2D eigenvalue weighted by molar-refractivity contribution is 5.93. The van der Waals surface area contributed by atoms with Gasteiger partial charge in [-0.25, -0.2) is 13.6 Å². The van der Waals surface area contributed by atoms with E-state index in [1.165, 1.54) is 24.3 Å². The molecule has 0 heterocycles. The molecule has 2 rings (SSSR count). The van der Waals surface area contributed by atoms with E-state index in [2.05, 4.69) is 0 Å². The Bertz CT molecular complexity index is 787. The number of carbonyl (C=O) groups excluding carboxylic acids is 1. The van der Waals surface area contributed by atoms with E-state index in [-0.39, 0.29) is 28.9 Å². The molecule has 6 heteroatoms. The zero-order valence-corrected chi connectivity index (χ0v) is 13.7. The Labute approximate surface area is 144 Å². The molecule has 0 atom stereocenters. The summed E-state index contributed by atoms with van der Waals surface area (Å²) < 4.78 is 32.0. The van der Waals surface area contributed by atoms with Crippen LogP contribution in [0.1, 0.15) is 43.0 Å². The Hall–Kier alpha value is -2.76. The summed E-state index contributed by atoms with van der Waals surface area (Å²) in [7, 11) is 0. The molecule has 0 bridgehead atoms. The van der Waals surface area contributed by atoms with Crippen LogP contribution >= 0.6 is 0 Å². The topological polar surface area (TPSA) is 63.6 Å². The number of esters is 1. The molecule has 0 aliphatic carbocycles. The van der Waals surface area contributed by atoms with Crippen molar-refractivity contribution >= 4 is 11.9 Å². The number of carboxylic acid groups (broad SMARTS) is 1. The first-order valence-corrected chi connectivity index (χ1v) is 7.95. The van der Waals surface area contributed by atoms with Crippen LogP contribution in [0.4, 0.5) is 8.78 Å². The molecule has 2 aromatic rings. The van der Waals surface area contributed by atoms with Gasteiger partial charge >= 0.3 is 11.9 Å². The van der Waals surface area contributed by atoms with Crippen LogP contribution < -0.4 is 4.74 Å². The first-order chi connectivity index (χ1) is 11.9. The van der Waals surface area contributed by atoms with Crippen molar-refractivity contribution in [3.8, 4) is 16.9 Å². The minimum Gasteiger partial charge on any atom is -0.478 e. The van der Waals surface area contributed by atoms with Gasteiger partial charge in [-0.3, -0.25) is 4.79 Å². The third-order valence-electron chi connectivity index (χ3n) is 3.66. The van der Waals surface area contributed by atoms with Crippen molar-refractivity contribution in [1.82, 2.24) is 0 Å². The molecule has 25 heavy (non-hydrogen) atoms. The maximum absolute atomic E-state index is 13.9. The maximum Gasteiger partial charge on any atom is 0.339 e. The average molecular weight is 348 g/mol. The van der Waals surface area contributed by atoms with Crippen molar-refractivity contribution in [1.29, 1.82) is 0 Å². The van der Waals surface area contributed by atoms with E-state index in [9.17, 15) is 23.5 Å². The summed E-state index contributed by atoms with van der Waals surface area (Å²) in [5, 5.41) is 9.33. The number of rotatable bonds is 7. The van der Waals surface area contributed by atoms with Gasteiger partial charge in [0.1, 0.15) is 22.9 Å². The van der Waals surface area contributed by atoms with Crippen LogP contribution in [0.5, 0.6) is 5.75 Å². The van der Waals surface area contributed by atoms with Crippen molar-refractivity contribution in [3.05, 3.63) is 53.6 Å². The lowest BCUT2D eigenvalue weighted by Crippen LogP contribution is -2.11. The lowest BCUT2D eigenvalue weighted by atomic mass is 10.0. The van der Waals surface area contributed by atoms with Gasteiger partial charge in [-0.05, 0) is 36.2 Å². The van der Waals surface area contributed by atoms with E-state index in [1.54, 1.807) is 0 Å². The minimum absolute atomic E-state index is 0.0599. The van der Waals surface area contributed by atoms with Gasteiger partial charge in [0.15, 0.2) is 0 Å². The molecule has 0 amide bonds. The number of halogens is 2. The van der Waals surface area contributed by atoms with Crippen LogP contribution in [0.2, 0.25) is 0 Å². The van der Waals surface area contributed by atoms with E-state index < -0.39 is 23.6 Å². The summed E-state index contributed by atoms with van der Waals surface area (Å²) in [6.45, 7) is 2.00. The number of hydrogen-bond donors (Lipinski definition) is 1. The smallest absolute Gasteiger partial charge is 0.339 e. The Kier molecular flexibility index (Phi) is 6.22. The Morgan fingerprint density at radius 3 is 2.48 bits per heavy atom. The molecule has 0 radical (unpaired) electrons. The molecule has 132 valence electrons. The molecule has 4 nitrogen and oxygen atoms in total. The molecule has 1 N–H and O–H groups in total.